The van der Waals surface area contributed by atoms with Crippen LogP contribution < -0.4 is 0 Å². The molecule has 0 aromatic carbocycles. The topological polar surface area (TPSA) is 63.6 Å². The predicted molar refractivity (Wildman–Crippen MR) is 48.6 cm³/mol. The van der Waals surface area contributed by atoms with E-state index >= 15 is 0 Å². The summed E-state index contributed by atoms with van der Waals surface area (Å²) in [6, 6.07) is 0. The Balaban J connectivity index is 4.55. The normalized spacial score (nSPS) is 15.2. The lowest BCUT2D eigenvalue weighted by Crippen LogP contribution is -2.40. The van der Waals surface area contributed by atoms with E-state index in [9.17, 15) is 8.42 Å². The van der Waals surface area contributed by atoms with Gasteiger partial charge in [-0.1, -0.05) is 25.6 Å². The first kappa shape index (κ1) is 11.6. The minimum atomic E-state index is -4.43. The van der Waals surface area contributed by atoms with Gasteiger partial charge in [0, 0.05) is 0 Å². The van der Waals surface area contributed by atoms with E-state index in [0.29, 0.717) is 0 Å². The summed E-state index contributed by atoms with van der Waals surface area (Å²) in [5.74, 6) is 2.20. The largest absolute Gasteiger partial charge is 0.398 e. The van der Waals surface area contributed by atoms with Gasteiger partial charge >= 0.3 is 10.4 Å². The highest BCUT2D eigenvalue weighted by Gasteiger charge is 2.29. The Kier molecular flexibility index (Phi) is 3.47. The molecule has 0 amide bonds. The minimum Gasteiger partial charge on any atom is -0.264 e. The molecule has 0 rings (SSSR count). The maximum absolute atomic E-state index is 10.3. The van der Waals surface area contributed by atoms with Crippen molar-refractivity contribution < 1.29 is 17.2 Å². The van der Waals surface area contributed by atoms with Crippen LogP contribution in [0.15, 0.2) is 0 Å². The van der Waals surface area contributed by atoms with Crippen LogP contribution in [-0.2, 0) is 14.6 Å². The fourth-order valence-electron chi connectivity index (χ4n) is 0.544. The van der Waals surface area contributed by atoms with E-state index in [1.807, 2.05) is 19.6 Å². The Labute approximate surface area is 73.9 Å². The second-order valence-electron chi connectivity index (χ2n) is 3.44. The Morgan fingerprint density at radius 2 is 1.92 bits per heavy atom. The zero-order valence-corrected chi connectivity index (χ0v) is 9.05. The van der Waals surface area contributed by atoms with Crippen molar-refractivity contribution in [3.05, 3.63) is 0 Å². The summed E-state index contributed by atoms with van der Waals surface area (Å²) in [4.78, 5) is 0. The average molecular weight is 208 g/mol. The smallest absolute Gasteiger partial charge is 0.264 e. The molecule has 70 valence electrons. The lowest BCUT2D eigenvalue weighted by Gasteiger charge is -2.21. The first-order chi connectivity index (χ1) is 5.17. The summed E-state index contributed by atoms with van der Waals surface area (Å²) in [6.45, 7) is 5.55. The summed E-state index contributed by atoms with van der Waals surface area (Å²) in [7, 11) is -6.32. The molecule has 0 bridgehead atoms. The van der Waals surface area contributed by atoms with Gasteiger partial charge in [0.05, 0.1) is 8.07 Å². The Morgan fingerprint density at radius 1 is 1.50 bits per heavy atom. The number of rotatable bonds is 3. The first-order valence-corrected chi connectivity index (χ1v) is 8.23. The molecular formula is C6H12O4SSi. The lowest BCUT2D eigenvalue weighted by atomic mass is 10.7. The first-order valence-electron chi connectivity index (χ1n) is 3.28. The zero-order chi connectivity index (χ0) is 9.99. The van der Waals surface area contributed by atoms with Crippen molar-refractivity contribution in [2.75, 3.05) is 0 Å². The third-order valence-corrected chi connectivity index (χ3v) is 3.62. The zero-order valence-electron chi connectivity index (χ0n) is 7.23. The molecule has 4 nitrogen and oxygen atoms in total. The molecule has 0 heterocycles. The average Bonchev–Trinajstić information content (AvgIpc) is 1.78. The van der Waals surface area contributed by atoms with Gasteiger partial charge in [0.25, 0.3) is 0 Å². The molecule has 1 unspecified atom stereocenters. The maximum atomic E-state index is 10.3. The molecule has 0 aliphatic carbocycles. The summed E-state index contributed by atoms with van der Waals surface area (Å²) in [6.07, 6.45) is 5.05. The molecule has 0 aliphatic heterocycles. The highest BCUT2D eigenvalue weighted by molar-refractivity contribution is 7.81. The second-order valence-corrected chi connectivity index (χ2v) is 9.74. The van der Waals surface area contributed by atoms with Crippen molar-refractivity contribution in [1.29, 1.82) is 0 Å². The van der Waals surface area contributed by atoms with Gasteiger partial charge in [0.2, 0.25) is 0 Å². The van der Waals surface area contributed by atoms with Crippen molar-refractivity contribution in [2.45, 2.75) is 25.4 Å². The van der Waals surface area contributed by atoms with Crippen LogP contribution in [0.3, 0.4) is 0 Å². The molecule has 0 aromatic heterocycles. The van der Waals surface area contributed by atoms with Crippen LogP contribution >= 0.6 is 0 Å². The van der Waals surface area contributed by atoms with Crippen LogP contribution in [0.2, 0.25) is 19.6 Å². The van der Waals surface area contributed by atoms with E-state index in [1.54, 1.807) is 0 Å². The van der Waals surface area contributed by atoms with Crippen molar-refractivity contribution in [1.82, 2.24) is 0 Å². The maximum Gasteiger partial charge on any atom is 0.398 e. The summed E-state index contributed by atoms with van der Waals surface area (Å²) in [5, 5.41) is 0. The lowest BCUT2D eigenvalue weighted by molar-refractivity contribution is 0.271. The fraction of sp³-hybridized carbons (Fsp3) is 0.667. The van der Waals surface area contributed by atoms with Gasteiger partial charge in [-0.05, 0) is 0 Å². The number of terminal acetylenes is 1. The fourth-order valence-corrected chi connectivity index (χ4v) is 2.86. The minimum absolute atomic E-state index is 0.813. The Bertz CT molecular complexity index is 282. The second kappa shape index (κ2) is 3.58. The third kappa shape index (κ3) is 4.51. The molecule has 0 aliphatic rings. The van der Waals surface area contributed by atoms with Crippen molar-refractivity contribution >= 4 is 18.5 Å². The number of hydrogen-bond donors (Lipinski definition) is 1. The molecule has 0 fully saturated rings. The van der Waals surface area contributed by atoms with E-state index < -0.39 is 24.2 Å². The monoisotopic (exact) mass is 208 g/mol. The molecule has 12 heavy (non-hydrogen) atoms. The van der Waals surface area contributed by atoms with E-state index in [0.717, 1.165) is 0 Å². The molecule has 0 saturated carbocycles. The highest BCUT2D eigenvalue weighted by Crippen LogP contribution is 2.12. The Hall–Kier alpha value is -0.353. The number of hydrogen-bond acceptors (Lipinski definition) is 3. The van der Waals surface area contributed by atoms with Crippen LogP contribution in [0.5, 0.6) is 0 Å². The van der Waals surface area contributed by atoms with Crippen LogP contribution in [0.1, 0.15) is 0 Å². The van der Waals surface area contributed by atoms with Gasteiger partial charge in [-0.3, -0.25) is 4.55 Å². The summed E-state index contributed by atoms with van der Waals surface area (Å²) in [5.41, 5.74) is -0.813. The SMILES string of the molecule is C#CC(OS(=O)(=O)O)[Si](C)(C)C. The van der Waals surface area contributed by atoms with Crippen LogP contribution in [0.25, 0.3) is 0 Å². The van der Waals surface area contributed by atoms with Gasteiger partial charge in [-0.2, -0.15) is 8.42 Å². The predicted octanol–water partition coefficient (Wildman–Crippen LogP) is 0.685. The van der Waals surface area contributed by atoms with Crippen LogP contribution in [0.4, 0.5) is 0 Å². The molecular weight excluding hydrogens is 196 g/mol. The van der Waals surface area contributed by atoms with Gasteiger partial charge < -0.3 is 0 Å². The molecule has 0 saturated heterocycles. The summed E-state index contributed by atoms with van der Waals surface area (Å²) >= 11 is 0. The third-order valence-electron chi connectivity index (χ3n) is 1.16. The van der Waals surface area contributed by atoms with Crippen molar-refractivity contribution in [3.63, 3.8) is 0 Å². The van der Waals surface area contributed by atoms with E-state index in [-0.39, 0.29) is 0 Å². The molecule has 0 spiro atoms. The molecule has 0 aromatic rings. The van der Waals surface area contributed by atoms with Crippen molar-refractivity contribution in [3.8, 4) is 12.3 Å². The molecule has 1 N–H and O–H groups in total. The quantitative estimate of drug-likeness (QED) is 0.421. The van der Waals surface area contributed by atoms with Crippen LogP contribution in [-0.4, -0.2) is 26.8 Å². The molecule has 0 radical (unpaired) electrons. The summed E-state index contributed by atoms with van der Waals surface area (Å²) < 4.78 is 33.3. The van der Waals surface area contributed by atoms with Gasteiger partial charge in [0.1, 0.15) is 5.73 Å². The van der Waals surface area contributed by atoms with Crippen LogP contribution in [0, 0.1) is 12.3 Å². The molecule has 1 atom stereocenters. The van der Waals surface area contributed by atoms with Gasteiger partial charge in [-0.15, -0.1) is 6.42 Å². The Morgan fingerprint density at radius 3 is 2.00 bits per heavy atom. The van der Waals surface area contributed by atoms with Gasteiger partial charge in [0.15, 0.2) is 0 Å². The van der Waals surface area contributed by atoms with E-state index in [1.165, 1.54) is 0 Å². The van der Waals surface area contributed by atoms with Crippen molar-refractivity contribution in [2.24, 2.45) is 0 Å². The molecule has 6 heteroatoms. The van der Waals surface area contributed by atoms with E-state index in [4.69, 9.17) is 11.0 Å². The van der Waals surface area contributed by atoms with Gasteiger partial charge in [-0.25, -0.2) is 4.18 Å². The standard InChI is InChI=1S/C6H12O4SSi/c1-5-6(12(2,3)4)10-11(7,8)9/h1,6H,2-4H3,(H,7,8,9). The highest BCUT2D eigenvalue weighted by atomic mass is 32.3. The van der Waals surface area contributed by atoms with E-state index in [2.05, 4.69) is 10.1 Å².